The zero-order valence-corrected chi connectivity index (χ0v) is 30.0. The summed E-state index contributed by atoms with van der Waals surface area (Å²) in [6.45, 7) is 7.40. The molecule has 0 unspecified atom stereocenters. The lowest BCUT2D eigenvalue weighted by molar-refractivity contribution is -0.144. The predicted octanol–water partition coefficient (Wildman–Crippen LogP) is 7.33. The number of anilines is 2. The minimum atomic E-state index is -1.31. The highest BCUT2D eigenvalue weighted by atomic mass is 16.6. The van der Waals surface area contributed by atoms with Gasteiger partial charge >= 0.3 is 24.1 Å². The van der Waals surface area contributed by atoms with Gasteiger partial charge in [0.2, 0.25) is 5.89 Å². The van der Waals surface area contributed by atoms with E-state index in [9.17, 15) is 19.2 Å². The molecule has 53 heavy (non-hydrogen) atoms. The van der Waals surface area contributed by atoms with Crippen molar-refractivity contribution >= 4 is 35.5 Å². The molecule has 5 aromatic rings. The Labute approximate surface area is 307 Å². The maximum atomic E-state index is 13.5. The Morgan fingerprint density at radius 2 is 1.26 bits per heavy atom. The lowest BCUT2D eigenvalue weighted by Gasteiger charge is -2.36. The van der Waals surface area contributed by atoms with Crippen molar-refractivity contribution in [3.8, 4) is 22.8 Å². The van der Waals surface area contributed by atoms with Crippen LogP contribution in [0.2, 0.25) is 0 Å². The zero-order chi connectivity index (χ0) is 38.1. The maximum Gasteiger partial charge on any atom is 0.412 e. The topological polar surface area (TPSA) is 189 Å². The summed E-state index contributed by atoms with van der Waals surface area (Å²) in [5.74, 6) is -1.07. The molecule has 1 heterocycles. The number of primary amides is 2. The zero-order valence-electron chi connectivity index (χ0n) is 30.0. The van der Waals surface area contributed by atoms with Crippen LogP contribution in [0.5, 0.6) is 0 Å². The highest BCUT2D eigenvalue weighted by molar-refractivity contribution is 5.93. The van der Waals surface area contributed by atoms with Crippen LogP contribution in [-0.2, 0) is 31.9 Å². The van der Waals surface area contributed by atoms with Crippen molar-refractivity contribution < 1.29 is 33.1 Å². The molecule has 0 fully saturated rings. The third-order valence-electron chi connectivity index (χ3n) is 8.87. The number of hydrogen-bond acceptors (Lipinski definition) is 10. The van der Waals surface area contributed by atoms with Crippen molar-refractivity contribution in [3.63, 3.8) is 0 Å². The summed E-state index contributed by atoms with van der Waals surface area (Å²) in [6.07, 6.45) is -1.58. The summed E-state index contributed by atoms with van der Waals surface area (Å²) in [5, 5.41) is 6.47. The number of nitrogens with zero attached hydrogens (tertiary/aromatic N) is 1. The first-order valence-electron chi connectivity index (χ1n) is 17.2. The molecular weight excluding hydrogens is 674 g/mol. The third kappa shape index (κ3) is 9.47. The van der Waals surface area contributed by atoms with E-state index < -0.39 is 35.7 Å². The van der Waals surface area contributed by atoms with E-state index in [4.69, 9.17) is 25.6 Å². The second kappa shape index (κ2) is 16.7. The third-order valence-corrected chi connectivity index (χ3v) is 8.87. The van der Waals surface area contributed by atoms with Crippen molar-refractivity contribution in [3.05, 3.63) is 126 Å². The summed E-state index contributed by atoms with van der Waals surface area (Å²) in [6, 6.07) is 33.2. The number of carbonyl (C=O) groups is 4. The van der Waals surface area contributed by atoms with Gasteiger partial charge in [-0.2, -0.15) is 0 Å². The highest BCUT2D eigenvalue weighted by Crippen LogP contribution is 2.34. The fraction of sp³-hybridized carbons (Fsp3) is 0.244. The van der Waals surface area contributed by atoms with Crippen LogP contribution in [0.15, 0.2) is 114 Å². The van der Waals surface area contributed by atoms with Gasteiger partial charge in [-0.05, 0) is 71.5 Å². The number of nitrogens with one attached hydrogen (secondary N) is 2. The molecule has 12 heteroatoms. The van der Waals surface area contributed by atoms with E-state index >= 15 is 0 Å². The smallest absolute Gasteiger partial charge is 0.412 e. The van der Waals surface area contributed by atoms with Crippen molar-refractivity contribution in [1.29, 1.82) is 0 Å². The fourth-order valence-corrected chi connectivity index (χ4v) is 5.97. The van der Waals surface area contributed by atoms with Gasteiger partial charge in [-0.3, -0.25) is 0 Å². The Bertz CT molecular complexity index is 2030. The quantitative estimate of drug-likeness (QED) is 0.0669. The number of rotatable bonds is 14. The van der Waals surface area contributed by atoms with Crippen molar-refractivity contribution in [2.45, 2.75) is 52.1 Å². The minimum Gasteiger partial charge on any atom is -0.436 e. The Hall–Kier alpha value is -6.43. The van der Waals surface area contributed by atoms with E-state index in [0.717, 1.165) is 22.4 Å². The molecule has 0 aliphatic heterocycles. The Kier molecular flexibility index (Phi) is 11.9. The van der Waals surface area contributed by atoms with E-state index in [-0.39, 0.29) is 18.3 Å². The SMILES string of the molecule is CC(C)[C@@H](Nc1ccc(-c2oc(-c3ccc(N[C@@](Cc4ccccc4)(C(=O)OC(N)=O)C(C)C)cc3)nc2Cc2ccccc2)cc1)C(=O)OC(N)=O. The molecule has 2 amide bonds. The standard InChI is InChI=1S/C41H43N5O7/c1-25(2)34(37(47)52-39(42)49)44-31-19-15-29(16-20-31)35-33(23-27-11-7-5-8-12-27)45-36(51-35)30-17-21-32(22-18-30)46-41(26(3)4,38(48)53-40(43)50)24-28-13-9-6-10-14-28/h5-22,25-26,34,44,46H,23-24H2,1-4H3,(H2,42,49)(H2,43,50)/t34-,41-/m1/s1. The lowest BCUT2D eigenvalue weighted by atomic mass is 9.80. The Balaban J connectivity index is 1.45. The Morgan fingerprint density at radius 1 is 0.717 bits per heavy atom. The van der Waals surface area contributed by atoms with E-state index in [0.29, 0.717) is 35.0 Å². The average Bonchev–Trinajstić information content (AvgIpc) is 3.54. The van der Waals surface area contributed by atoms with Gasteiger partial charge in [0.25, 0.3) is 0 Å². The first-order chi connectivity index (χ1) is 25.3. The first kappa shape index (κ1) is 37.8. The van der Waals surface area contributed by atoms with E-state index in [2.05, 4.69) is 15.4 Å². The van der Waals surface area contributed by atoms with Crippen molar-refractivity contribution in [2.24, 2.45) is 23.3 Å². The number of esters is 2. The number of benzene rings is 4. The number of aromatic nitrogens is 1. The molecule has 1 aromatic heterocycles. The molecule has 6 N–H and O–H groups in total. The van der Waals surface area contributed by atoms with Gasteiger partial charge in [0, 0.05) is 35.3 Å². The lowest BCUT2D eigenvalue weighted by Crippen LogP contribution is -2.54. The molecule has 0 saturated carbocycles. The van der Waals surface area contributed by atoms with Gasteiger partial charge in [0.1, 0.15) is 11.6 Å². The summed E-state index contributed by atoms with van der Waals surface area (Å²) in [7, 11) is 0. The van der Waals surface area contributed by atoms with Crippen molar-refractivity contribution in [2.75, 3.05) is 10.6 Å². The van der Waals surface area contributed by atoms with E-state index in [1.807, 2.05) is 125 Å². The summed E-state index contributed by atoms with van der Waals surface area (Å²) >= 11 is 0. The van der Waals surface area contributed by atoms with Gasteiger partial charge in [-0.1, -0.05) is 88.4 Å². The minimum absolute atomic E-state index is 0.188. The second-order valence-corrected chi connectivity index (χ2v) is 13.3. The molecule has 2 atom stereocenters. The number of amides is 2. The summed E-state index contributed by atoms with van der Waals surface area (Å²) in [4.78, 5) is 53.7. The first-order valence-corrected chi connectivity index (χ1v) is 17.2. The normalized spacial score (nSPS) is 12.8. The Morgan fingerprint density at radius 3 is 1.81 bits per heavy atom. The molecule has 4 aromatic carbocycles. The summed E-state index contributed by atoms with van der Waals surface area (Å²) < 4.78 is 16.0. The average molecular weight is 718 g/mol. The van der Waals surface area contributed by atoms with Crippen LogP contribution in [-0.4, -0.2) is 40.7 Å². The molecule has 0 aliphatic carbocycles. The molecule has 0 spiro atoms. The number of ether oxygens (including phenoxy) is 2. The fourth-order valence-electron chi connectivity index (χ4n) is 5.97. The number of oxazole rings is 1. The van der Waals surface area contributed by atoms with Gasteiger partial charge in [0.15, 0.2) is 5.76 Å². The van der Waals surface area contributed by atoms with Gasteiger partial charge < -0.3 is 36.0 Å². The van der Waals surface area contributed by atoms with Gasteiger partial charge in [0.05, 0.1) is 5.69 Å². The highest BCUT2D eigenvalue weighted by Gasteiger charge is 2.44. The van der Waals surface area contributed by atoms with E-state index in [1.54, 1.807) is 12.1 Å². The maximum absolute atomic E-state index is 13.5. The van der Waals surface area contributed by atoms with Crippen LogP contribution in [0.4, 0.5) is 21.0 Å². The van der Waals surface area contributed by atoms with Crippen LogP contribution >= 0.6 is 0 Å². The molecule has 5 rings (SSSR count). The van der Waals surface area contributed by atoms with Crippen LogP contribution < -0.4 is 22.1 Å². The van der Waals surface area contributed by atoms with Crippen LogP contribution in [0.1, 0.15) is 44.5 Å². The van der Waals surface area contributed by atoms with Crippen LogP contribution in [0.3, 0.4) is 0 Å². The molecule has 0 radical (unpaired) electrons. The molecular formula is C41H43N5O7. The predicted molar refractivity (Wildman–Crippen MR) is 202 cm³/mol. The molecule has 0 saturated heterocycles. The van der Waals surface area contributed by atoms with Crippen LogP contribution in [0.25, 0.3) is 22.8 Å². The van der Waals surface area contributed by atoms with Gasteiger partial charge in [-0.15, -0.1) is 0 Å². The number of carbonyl (C=O) groups excluding carboxylic acids is 4. The van der Waals surface area contributed by atoms with Crippen molar-refractivity contribution in [1.82, 2.24) is 4.98 Å². The largest absolute Gasteiger partial charge is 0.436 e. The number of nitrogens with two attached hydrogens (primary N) is 2. The molecule has 274 valence electrons. The van der Waals surface area contributed by atoms with Gasteiger partial charge in [-0.25, -0.2) is 24.2 Å². The van der Waals surface area contributed by atoms with E-state index in [1.165, 1.54) is 0 Å². The second-order valence-electron chi connectivity index (χ2n) is 13.3. The number of hydrogen-bond donors (Lipinski definition) is 4. The molecule has 0 aliphatic rings. The summed E-state index contributed by atoms with van der Waals surface area (Å²) in [5.41, 5.74) is 14.3. The monoisotopic (exact) mass is 717 g/mol. The molecule has 0 bridgehead atoms. The van der Waals surface area contributed by atoms with Crippen LogP contribution in [0, 0.1) is 11.8 Å². The molecule has 12 nitrogen and oxygen atoms in total.